The van der Waals surface area contributed by atoms with Gasteiger partial charge in [0.15, 0.2) is 5.75 Å². The van der Waals surface area contributed by atoms with Crippen LogP contribution in [-0.2, 0) is 0 Å². The van der Waals surface area contributed by atoms with E-state index in [9.17, 15) is 15.2 Å². The highest BCUT2D eigenvalue weighted by molar-refractivity contribution is 6.41. The van der Waals surface area contributed by atoms with Crippen LogP contribution >= 0.6 is 23.2 Å². The minimum Gasteiger partial charge on any atom is -0.505 e. The normalized spacial score (nSPS) is 10.6. The molecule has 1 N–H and O–H groups in total. The van der Waals surface area contributed by atoms with Crippen molar-refractivity contribution in [3.8, 4) is 5.75 Å². The first-order chi connectivity index (χ1) is 7.50. The molecule has 0 amide bonds. The third kappa shape index (κ3) is 1.66. The number of hydrogen-bond acceptors (Lipinski definition) is 3. The molecule has 0 aliphatic rings. The van der Waals surface area contributed by atoms with E-state index in [2.05, 4.69) is 0 Å². The standard InChI is InChI=1S/C10H5Cl2NO3/c11-8-4-5-3-6(13(15)16)1-2-7(5)9(12)10(8)14/h1-4,14H. The van der Waals surface area contributed by atoms with E-state index in [4.69, 9.17) is 23.2 Å². The Balaban J connectivity index is 2.81. The third-order valence-electron chi connectivity index (χ3n) is 2.20. The van der Waals surface area contributed by atoms with Crippen LogP contribution in [0.15, 0.2) is 24.3 Å². The van der Waals surface area contributed by atoms with Gasteiger partial charge in [-0.2, -0.15) is 0 Å². The zero-order valence-electron chi connectivity index (χ0n) is 7.78. The molecular weight excluding hydrogens is 253 g/mol. The smallest absolute Gasteiger partial charge is 0.270 e. The number of nitro benzene ring substituents is 1. The number of nitrogens with zero attached hydrogens (tertiary/aromatic N) is 1. The molecule has 0 radical (unpaired) electrons. The Hall–Kier alpha value is -1.52. The molecule has 2 aromatic rings. The van der Waals surface area contributed by atoms with Gasteiger partial charge in [0.05, 0.1) is 15.0 Å². The zero-order chi connectivity index (χ0) is 11.9. The highest BCUT2D eigenvalue weighted by atomic mass is 35.5. The number of benzene rings is 2. The van der Waals surface area contributed by atoms with Crippen LogP contribution < -0.4 is 0 Å². The van der Waals surface area contributed by atoms with Gasteiger partial charge in [-0.05, 0) is 17.5 Å². The highest BCUT2D eigenvalue weighted by Gasteiger charge is 2.12. The van der Waals surface area contributed by atoms with Gasteiger partial charge in [-0.3, -0.25) is 10.1 Å². The molecule has 0 bridgehead atoms. The third-order valence-corrected chi connectivity index (χ3v) is 2.87. The van der Waals surface area contributed by atoms with Gasteiger partial charge in [-0.1, -0.05) is 23.2 Å². The van der Waals surface area contributed by atoms with Crippen molar-refractivity contribution < 1.29 is 10.0 Å². The second-order valence-electron chi connectivity index (χ2n) is 3.18. The van der Waals surface area contributed by atoms with E-state index >= 15 is 0 Å². The predicted molar refractivity (Wildman–Crippen MR) is 62.3 cm³/mol. The van der Waals surface area contributed by atoms with E-state index in [1.165, 1.54) is 24.3 Å². The van der Waals surface area contributed by atoms with Gasteiger partial charge < -0.3 is 5.11 Å². The molecule has 2 rings (SSSR count). The lowest BCUT2D eigenvalue weighted by atomic mass is 10.1. The summed E-state index contributed by atoms with van der Waals surface area (Å²) in [6.45, 7) is 0. The Bertz CT molecular complexity index is 598. The number of aromatic hydroxyl groups is 1. The molecule has 0 fully saturated rings. The molecule has 0 unspecified atom stereocenters. The molecule has 0 heterocycles. The first kappa shape index (κ1) is 11.0. The summed E-state index contributed by atoms with van der Waals surface area (Å²) in [5.41, 5.74) is -0.0506. The molecule has 82 valence electrons. The average molecular weight is 258 g/mol. The number of phenolic OH excluding ortho intramolecular Hbond substituents is 1. The molecule has 0 saturated carbocycles. The number of hydrogen-bond donors (Lipinski definition) is 1. The number of phenols is 1. The Kier molecular flexibility index (Phi) is 2.61. The highest BCUT2D eigenvalue weighted by Crippen LogP contribution is 2.39. The van der Waals surface area contributed by atoms with Crippen molar-refractivity contribution >= 4 is 39.7 Å². The second-order valence-corrected chi connectivity index (χ2v) is 3.97. The first-order valence-corrected chi connectivity index (χ1v) is 5.01. The van der Waals surface area contributed by atoms with Crippen molar-refractivity contribution in [1.29, 1.82) is 0 Å². The lowest BCUT2D eigenvalue weighted by Crippen LogP contribution is -1.87. The van der Waals surface area contributed by atoms with Gasteiger partial charge in [-0.15, -0.1) is 0 Å². The summed E-state index contributed by atoms with van der Waals surface area (Å²) in [7, 11) is 0. The van der Waals surface area contributed by atoms with E-state index in [-0.39, 0.29) is 21.5 Å². The Morgan fingerprint density at radius 2 is 1.94 bits per heavy atom. The Labute approximate surface area is 100 Å². The molecule has 0 saturated heterocycles. The molecule has 16 heavy (non-hydrogen) atoms. The Morgan fingerprint density at radius 1 is 1.25 bits per heavy atom. The van der Waals surface area contributed by atoms with Crippen molar-refractivity contribution in [3.05, 3.63) is 44.4 Å². The van der Waals surface area contributed by atoms with Gasteiger partial charge in [0.1, 0.15) is 0 Å². The fraction of sp³-hybridized carbons (Fsp3) is 0. The average Bonchev–Trinajstić information content (AvgIpc) is 2.25. The summed E-state index contributed by atoms with van der Waals surface area (Å²) in [5.74, 6) is -0.218. The van der Waals surface area contributed by atoms with E-state index in [1.54, 1.807) is 0 Å². The van der Waals surface area contributed by atoms with Gasteiger partial charge >= 0.3 is 0 Å². The fourth-order valence-corrected chi connectivity index (χ4v) is 1.95. The Morgan fingerprint density at radius 3 is 2.56 bits per heavy atom. The summed E-state index contributed by atoms with van der Waals surface area (Å²) >= 11 is 11.6. The predicted octanol–water partition coefficient (Wildman–Crippen LogP) is 3.76. The van der Waals surface area contributed by atoms with Crippen molar-refractivity contribution in [1.82, 2.24) is 0 Å². The molecule has 0 aliphatic carbocycles. The second kappa shape index (κ2) is 3.81. The first-order valence-electron chi connectivity index (χ1n) is 4.26. The van der Waals surface area contributed by atoms with Crippen LogP contribution in [0.25, 0.3) is 10.8 Å². The molecule has 0 spiro atoms. The number of fused-ring (bicyclic) bond motifs is 1. The van der Waals surface area contributed by atoms with Crippen LogP contribution in [-0.4, -0.2) is 10.0 Å². The van der Waals surface area contributed by atoms with Crippen LogP contribution in [0.4, 0.5) is 5.69 Å². The minimum atomic E-state index is -0.506. The molecule has 4 nitrogen and oxygen atoms in total. The van der Waals surface area contributed by atoms with Crippen LogP contribution in [0.3, 0.4) is 0 Å². The fourth-order valence-electron chi connectivity index (χ4n) is 1.42. The number of non-ortho nitro benzene ring substituents is 1. The molecule has 0 atom stereocenters. The van der Waals surface area contributed by atoms with Crippen molar-refractivity contribution in [2.45, 2.75) is 0 Å². The monoisotopic (exact) mass is 257 g/mol. The SMILES string of the molecule is O=[N+]([O-])c1ccc2c(Cl)c(O)c(Cl)cc2c1. The lowest BCUT2D eigenvalue weighted by molar-refractivity contribution is -0.384. The molecular formula is C10H5Cl2NO3. The van der Waals surface area contributed by atoms with Crippen molar-refractivity contribution in [2.24, 2.45) is 0 Å². The maximum Gasteiger partial charge on any atom is 0.270 e. The quantitative estimate of drug-likeness (QED) is 0.625. The molecule has 0 aliphatic heterocycles. The van der Waals surface area contributed by atoms with Gasteiger partial charge in [-0.25, -0.2) is 0 Å². The van der Waals surface area contributed by atoms with E-state index < -0.39 is 4.92 Å². The largest absolute Gasteiger partial charge is 0.505 e. The van der Waals surface area contributed by atoms with E-state index in [0.29, 0.717) is 10.8 Å². The molecule has 2 aromatic carbocycles. The minimum absolute atomic E-state index is 0.0506. The van der Waals surface area contributed by atoms with Crippen LogP contribution in [0.5, 0.6) is 5.75 Å². The molecule has 6 heteroatoms. The van der Waals surface area contributed by atoms with E-state index in [1.807, 2.05) is 0 Å². The lowest BCUT2D eigenvalue weighted by Gasteiger charge is -2.04. The summed E-state index contributed by atoms with van der Waals surface area (Å²) < 4.78 is 0. The maximum atomic E-state index is 10.6. The van der Waals surface area contributed by atoms with Gasteiger partial charge in [0.25, 0.3) is 5.69 Å². The van der Waals surface area contributed by atoms with Gasteiger partial charge in [0, 0.05) is 17.5 Å². The maximum absolute atomic E-state index is 10.6. The van der Waals surface area contributed by atoms with Crippen LogP contribution in [0.1, 0.15) is 0 Å². The van der Waals surface area contributed by atoms with Crippen molar-refractivity contribution in [2.75, 3.05) is 0 Å². The number of halogens is 2. The number of nitro groups is 1. The molecule has 0 aromatic heterocycles. The zero-order valence-corrected chi connectivity index (χ0v) is 9.29. The van der Waals surface area contributed by atoms with Crippen molar-refractivity contribution in [3.63, 3.8) is 0 Å². The topological polar surface area (TPSA) is 63.4 Å². The van der Waals surface area contributed by atoms with Gasteiger partial charge in [0.2, 0.25) is 0 Å². The van der Waals surface area contributed by atoms with E-state index in [0.717, 1.165) is 0 Å². The van der Waals surface area contributed by atoms with Crippen LogP contribution in [0, 0.1) is 10.1 Å². The summed E-state index contributed by atoms with van der Waals surface area (Å²) in [4.78, 5) is 10.1. The van der Waals surface area contributed by atoms with Crippen LogP contribution in [0.2, 0.25) is 10.0 Å². The summed E-state index contributed by atoms with van der Waals surface area (Å²) in [6.07, 6.45) is 0. The number of rotatable bonds is 1. The summed E-state index contributed by atoms with van der Waals surface area (Å²) in [6, 6.07) is 5.59. The summed E-state index contributed by atoms with van der Waals surface area (Å²) in [5, 5.41) is 21.3.